The summed E-state index contributed by atoms with van der Waals surface area (Å²) in [7, 11) is 0.563. The van der Waals surface area contributed by atoms with Crippen LogP contribution in [0.15, 0.2) is 255 Å². The Kier molecular flexibility index (Phi) is 30.9. The third-order valence-corrected chi connectivity index (χ3v) is 28.9. The van der Waals surface area contributed by atoms with Gasteiger partial charge < -0.3 is 41.4 Å². The minimum atomic E-state index is -1.97. The Morgan fingerprint density at radius 3 is 1.29 bits per heavy atom. The quantitative estimate of drug-likeness (QED) is 0.0123. The van der Waals surface area contributed by atoms with Crippen molar-refractivity contribution in [2.45, 2.75) is 135 Å². The molecule has 0 aliphatic carbocycles. The number of aryl methyl sites for hydroxylation is 2. The summed E-state index contributed by atoms with van der Waals surface area (Å²) >= 11 is 0. The van der Waals surface area contributed by atoms with Crippen LogP contribution < -0.4 is 46.6 Å². The van der Waals surface area contributed by atoms with Crippen molar-refractivity contribution in [2.24, 2.45) is 5.41 Å². The van der Waals surface area contributed by atoms with Crippen LogP contribution in [0.4, 0.5) is 11.4 Å². The summed E-state index contributed by atoms with van der Waals surface area (Å²) < 4.78 is 12.1. The monoisotopic (exact) mass is 1510 g/mol. The van der Waals surface area contributed by atoms with Crippen molar-refractivity contribution in [3.63, 3.8) is 0 Å². The number of ether oxygens (including phenoxy) is 2. The maximum atomic E-state index is 13.2. The molecule has 14 nitrogen and oxygen atoms in total. The van der Waals surface area contributed by atoms with Crippen LogP contribution in [0.5, 0.6) is 23.0 Å². The second-order valence-electron chi connectivity index (χ2n) is 30.9. The molecule has 0 radical (unpaired) electrons. The highest BCUT2D eigenvalue weighted by Gasteiger charge is 2.39. The summed E-state index contributed by atoms with van der Waals surface area (Å²) in [4.78, 5) is 77.7. The van der Waals surface area contributed by atoms with Crippen LogP contribution in [0.2, 0.25) is 43.8 Å². The largest absolute Gasteiger partial charge is 0.457 e. The van der Waals surface area contributed by atoms with Gasteiger partial charge in [-0.15, -0.1) is 0 Å². The zero-order chi connectivity index (χ0) is 78.5. The molecule has 0 aromatic heterocycles. The summed E-state index contributed by atoms with van der Waals surface area (Å²) in [5.41, 5.74) is 10.5. The first-order valence-electron chi connectivity index (χ1n) is 38.7. The molecule has 16 heteroatoms. The van der Waals surface area contributed by atoms with Crippen LogP contribution in [0, 0.1) is 5.41 Å². The molecule has 10 aromatic rings. The van der Waals surface area contributed by atoms with Gasteiger partial charge in [0.1, 0.15) is 23.0 Å². The fourth-order valence-corrected chi connectivity index (χ4v) is 22.9. The van der Waals surface area contributed by atoms with E-state index < -0.39 is 16.1 Å². The minimum absolute atomic E-state index is 0.0295. The number of hydrogen-bond acceptors (Lipinski definition) is 10. The first-order chi connectivity index (χ1) is 52.9. The molecular formula is C94H110N6O8Si2. The van der Waals surface area contributed by atoms with Crippen molar-refractivity contribution in [3.05, 3.63) is 316 Å². The molecule has 4 amide bonds. The predicted octanol–water partition coefficient (Wildman–Crippen LogP) is 19.6. The Morgan fingerprint density at radius 1 is 0.373 bits per heavy atom. The molecule has 572 valence electrons. The summed E-state index contributed by atoms with van der Waals surface area (Å²) in [6.07, 6.45) is 6.54. The number of carbonyl (C=O) groups is 6. The smallest absolute Gasteiger partial charge is 0.255 e. The summed E-state index contributed by atoms with van der Waals surface area (Å²) in [5, 5.41) is 20.1. The zero-order valence-corrected chi connectivity index (χ0v) is 67.8. The molecule has 0 spiro atoms. The fourth-order valence-electron chi connectivity index (χ4n) is 14.5. The fraction of sp³-hybridized carbons (Fsp3) is 0.298. The van der Waals surface area contributed by atoms with E-state index in [0.29, 0.717) is 80.8 Å². The van der Waals surface area contributed by atoms with E-state index in [1.165, 1.54) is 27.9 Å². The Labute approximate surface area is 654 Å². The Balaban J connectivity index is 0.000000260. The standard InChI is InChI=1S/C53H59N3O4Si.C41H51N3O4Si/c1-5-40-18-22-44(23-19-40)52(59)56-46-28-32-48(33-29-46)60-47-30-20-41(21-31-47)38-50(57)42-24-26-43(27-25-42)51(58)55-36-13-37-61(4,49-16-10-7-11-17-49)39-53(2,34-12-35-54-3)45-14-8-6-9-15-45;1-7-30-11-13-34(14-12-30)40(47)44-35-19-21-36(22-20-35)48-37-10-8-9-31(27-37)28-38(45)32-15-17-33(18-16-32)39(46)43-25-26-49(5,6)29-41(2,3)23-24-42-4/h6-11,14-33,54H,5,12-13,34-39H2,1-4H3,(H,55,58)(H,56,59);8-22,27,42H,7,23-26,28-29H2,1-6H3,(H,43,46)(H,44,47). The lowest BCUT2D eigenvalue weighted by Crippen LogP contribution is -2.49. The van der Waals surface area contributed by atoms with Crippen molar-refractivity contribution < 1.29 is 38.2 Å². The number of rotatable bonds is 38. The maximum Gasteiger partial charge on any atom is 0.255 e. The van der Waals surface area contributed by atoms with Gasteiger partial charge in [0, 0.05) is 78.8 Å². The molecule has 10 aromatic carbocycles. The molecule has 0 aliphatic heterocycles. The molecule has 0 aliphatic rings. The van der Waals surface area contributed by atoms with Crippen LogP contribution in [0.1, 0.15) is 150 Å². The van der Waals surface area contributed by atoms with Gasteiger partial charge in [0.05, 0.1) is 8.07 Å². The van der Waals surface area contributed by atoms with Crippen molar-refractivity contribution in [1.82, 2.24) is 21.3 Å². The van der Waals surface area contributed by atoms with E-state index in [-0.39, 0.29) is 58.9 Å². The first kappa shape index (κ1) is 83.4. The Hall–Kier alpha value is -10.6. The van der Waals surface area contributed by atoms with E-state index in [1.54, 1.807) is 97.1 Å². The number of nitrogens with one attached hydrogen (secondary N) is 6. The van der Waals surface area contributed by atoms with E-state index in [0.717, 1.165) is 80.9 Å². The molecule has 110 heavy (non-hydrogen) atoms. The van der Waals surface area contributed by atoms with Crippen LogP contribution in [-0.2, 0) is 31.1 Å². The number of ketones is 2. The van der Waals surface area contributed by atoms with E-state index >= 15 is 0 Å². The number of carbonyl (C=O) groups excluding carboxylic acids is 6. The lowest BCUT2D eigenvalue weighted by atomic mass is 9.80. The van der Waals surface area contributed by atoms with Crippen molar-refractivity contribution in [2.75, 3.05) is 50.9 Å². The van der Waals surface area contributed by atoms with Crippen LogP contribution in [0.3, 0.4) is 0 Å². The zero-order valence-electron chi connectivity index (χ0n) is 65.8. The van der Waals surface area contributed by atoms with E-state index in [4.69, 9.17) is 9.47 Å². The third-order valence-electron chi connectivity index (χ3n) is 20.6. The van der Waals surface area contributed by atoms with Gasteiger partial charge in [-0.05, 0) is 238 Å². The molecule has 10 rings (SSSR count). The average Bonchev–Trinajstić information content (AvgIpc) is 0.780. The van der Waals surface area contributed by atoms with Gasteiger partial charge in [-0.1, -0.05) is 205 Å². The highest BCUT2D eigenvalue weighted by atomic mass is 28.3. The maximum absolute atomic E-state index is 13.2. The number of benzene rings is 10. The van der Waals surface area contributed by atoms with E-state index in [1.807, 2.05) is 111 Å². The van der Waals surface area contributed by atoms with Crippen molar-refractivity contribution in [1.29, 1.82) is 0 Å². The predicted molar refractivity (Wildman–Crippen MR) is 455 cm³/mol. The lowest BCUT2D eigenvalue weighted by Gasteiger charge is -2.40. The first-order valence-corrected chi connectivity index (χ1v) is 45.0. The van der Waals surface area contributed by atoms with Crippen molar-refractivity contribution in [3.8, 4) is 23.0 Å². The number of Topliss-reactive ketones (excluding diaryl/α,β-unsaturated/α-hetero) is 2. The molecule has 0 heterocycles. The third kappa shape index (κ3) is 25.8. The Morgan fingerprint density at radius 2 is 0.800 bits per heavy atom. The molecule has 2 unspecified atom stereocenters. The molecule has 2 atom stereocenters. The second kappa shape index (κ2) is 40.7. The van der Waals surface area contributed by atoms with Crippen LogP contribution >= 0.6 is 0 Å². The lowest BCUT2D eigenvalue weighted by molar-refractivity contribution is 0.0946. The number of hydrogen-bond donors (Lipinski definition) is 6. The average molecular weight is 1510 g/mol. The summed E-state index contributed by atoms with van der Waals surface area (Å²) in [6.45, 7) is 21.9. The molecule has 0 fully saturated rings. The van der Waals surface area contributed by atoms with Crippen LogP contribution in [-0.4, -0.2) is 91.6 Å². The van der Waals surface area contributed by atoms with Gasteiger partial charge in [0.2, 0.25) is 0 Å². The number of anilines is 2. The number of amides is 4. The molecular weight excluding hydrogens is 1400 g/mol. The summed E-state index contributed by atoms with van der Waals surface area (Å²) in [5.74, 6) is 1.84. The van der Waals surface area contributed by atoms with Gasteiger partial charge in [0.15, 0.2) is 11.6 Å². The SMILES string of the molecule is CCc1ccc(C(=O)Nc2ccc(Oc3ccc(CC(=O)c4ccc(C(=O)NCCC[Si](C)(CC(C)(CCCNC)c5ccccc5)c5ccccc5)cc4)cc3)cc2)cc1.CCc1ccc(C(=O)Nc2ccc(Oc3cccc(CC(=O)c4ccc(C(=O)NCC[Si](C)(C)CC(C)(C)CCNC)cc4)c3)cc2)cc1. The molecule has 0 saturated heterocycles. The van der Waals surface area contributed by atoms with E-state index in [2.05, 4.69) is 147 Å². The summed E-state index contributed by atoms with van der Waals surface area (Å²) in [6, 6.07) is 84.7. The van der Waals surface area contributed by atoms with Crippen LogP contribution in [0.25, 0.3) is 0 Å². The Bertz CT molecular complexity index is 4600. The topological polar surface area (TPSA) is 193 Å². The minimum Gasteiger partial charge on any atom is -0.457 e. The molecule has 0 bridgehead atoms. The van der Waals surface area contributed by atoms with E-state index in [9.17, 15) is 28.8 Å². The van der Waals surface area contributed by atoms with Crippen molar-refractivity contribution >= 4 is 67.9 Å². The second-order valence-corrected chi connectivity index (χ2v) is 40.6. The highest BCUT2D eigenvalue weighted by Crippen LogP contribution is 2.40. The molecule has 0 saturated carbocycles. The molecule has 6 N–H and O–H groups in total. The van der Waals surface area contributed by atoms with Gasteiger partial charge in [-0.2, -0.15) is 0 Å². The van der Waals surface area contributed by atoms with Gasteiger partial charge in [0.25, 0.3) is 23.6 Å². The van der Waals surface area contributed by atoms with Gasteiger partial charge in [-0.3, -0.25) is 28.8 Å². The van der Waals surface area contributed by atoms with Gasteiger partial charge in [-0.25, -0.2) is 0 Å². The highest BCUT2D eigenvalue weighted by molar-refractivity contribution is 6.91. The normalized spacial score (nSPS) is 12.4. The van der Waals surface area contributed by atoms with Gasteiger partial charge >= 0.3 is 0 Å².